The van der Waals surface area contributed by atoms with Crippen LogP contribution in [-0.2, 0) is 9.53 Å². The molecule has 0 atom stereocenters. The number of esters is 1. The van der Waals surface area contributed by atoms with Crippen molar-refractivity contribution in [3.8, 4) is 0 Å². The van der Waals surface area contributed by atoms with Crippen molar-refractivity contribution < 1.29 is 14.6 Å². The Morgan fingerprint density at radius 1 is 1.25 bits per heavy atom. The number of rotatable bonds is 3. The number of aliphatic hydroxyl groups excluding tert-OH is 1. The standard InChI is InChI=1S/C19H23NO3S/c1-2-23-18(22)16-15(21)13-19(11-7-4-8-12-19)24-17(16)20-14-9-5-3-6-10-14/h3,5-6,9-10,21H,2,4,7-8,11-13H2,1H3. The summed E-state index contributed by atoms with van der Waals surface area (Å²) in [6, 6.07) is 9.55. The van der Waals surface area contributed by atoms with Crippen LogP contribution >= 0.6 is 11.8 Å². The minimum Gasteiger partial charge on any atom is -0.511 e. The first kappa shape index (κ1) is 17.1. The number of thioether (sulfide) groups is 1. The third kappa shape index (κ3) is 3.66. The van der Waals surface area contributed by atoms with Crippen molar-refractivity contribution >= 4 is 28.5 Å². The second kappa shape index (κ2) is 7.43. The van der Waals surface area contributed by atoms with Gasteiger partial charge in [-0.1, -0.05) is 49.2 Å². The maximum Gasteiger partial charge on any atom is 0.344 e. The van der Waals surface area contributed by atoms with Crippen LogP contribution in [0.5, 0.6) is 0 Å². The van der Waals surface area contributed by atoms with Gasteiger partial charge in [0, 0.05) is 11.2 Å². The molecule has 24 heavy (non-hydrogen) atoms. The molecule has 0 radical (unpaired) electrons. The molecule has 1 aliphatic carbocycles. The SMILES string of the molecule is CCOC(=O)C1=C(O)CC2(CCCCC2)SC1=Nc1ccccc1. The third-order valence-electron chi connectivity index (χ3n) is 4.54. The maximum absolute atomic E-state index is 12.3. The van der Waals surface area contributed by atoms with Crippen molar-refractivity contribution in [2.24, 2.45) is 4.99 Å². The van der Waals surface area contributed by atoms with E-state index >= 15 is 0 Å². The molecule has 1 aromatic carbocycles. The van der Waals surface area contributed by atoms with Crippen LogP contribution in [0.4, 0.5) is 5.69 Å². The number of aliphatic hydroxyl groups is 1. The summed E-state index contributed by atoms with van der Waals surface area (Å²) in [5.74, 6) is -0.355. The molecule has 0 amide bonds. The Labute approximate surface area is 147 Å². The second-order valence-corrected chi connectivity index (χ2v) is 7.77. The van der Waals surface area contributed by atoms with Crippen LogP contribution in [0.1, 0.15) is 45.4 Å². The first-order chi connectivity index (χ1) is 11.6. The lowest BCUT2D eigenvalue weighted by Crippen LogP contribution is -2.36. The van der Waals surface area contributed by atoms with E-state index in [0.29, 0.717) is 11.5 Å². The van der Waals surface area contributed by atoms with Crippen LogP contribution in [-0.4, -0.2) is 27.5 Å². The molecule has 1 aliphatic heterocycles. The monoisotopic (exact) mass is 345 g/mol. The number of carbonyl (C=O) groups is 1. The van der Waals surface area contributed by atoms with Crippen molar-refractivity contribution in [1.29, 1.82) is 0 Å². The lowest BCUT2D eigenvalue weighted by Gasteiger charge is -2.39. The largest absolute Gasteiger partial charge is 0.511 e. The molecule has 4 nitrogen and oxygen atoms in total. The van der Waals surface area contributed by atoms with E-state index in [1.807, 2.05) is 30.3 Å². The Morgan fingerprint density at radius 3 is 2.62 bits per heavy atom. The number of para-hydroxylation sites is 1. The number of benzene rings is 1. The molecule has 5 heteroatoms. The molecule has 2 aliphatic rings. The Morgan fingerprint density at radius 2 is 1.96 bits per heavy atom. The summed E-state index contributed by atoms with van der Waals surface area (Å²) in [7, 11) is 0. The van der Waals surface area contributed by atoms with Gasteiger partial charge in [0.25, 0.3) is 0 Å². The number of hydrogen-bond acceptors (Lipinski definition) is 5. The van der Waals surface area contributed by atoms with Crippen LogP contribution in [0.3, 0.4) is 0 Å². The topological polar surface area (TPSA) is 58.9 Å². The van der Waals surface area contributed by atoms with Gasteiger partial charge in [0.05, 0.1) is 12.3 Å². The number of allylic oxidation sites excluding steroid dienone is 1. The van der Waals surface area contributed by atoms with E-state index < -0.39 is 5.97 Å². The molecule has 1 aromatic rings. The van der Waals surface area contributed by atoms with Gasteiger partial charge in [-0.25, -0.2) is 9.79 Å². The highest BCUT2D eigenvalue weighted by Gasteiger charge is 2.42. The summed E-state index contributed by atoms with van der Waals surface area (Å²) in [5.41, 5.74) is 1.02. The first-order valence-corrected chi connectivity index (χ1v) is 9.37. The molecule has 0 unspecified atom stereocenters. The van der Waals surface area contributed by atoms with Crippen molar-refractivity contribution in [2.45, 2.75) is 50.2 Å². The molecule has 0 saturated heterocycles. The molecule has 1 heterocycles. The Hall–Kier alpha value is -1.75. The van der Waals surface area contributed by atoms with Gasteiger partial charge in [0.2, 0.25) is 0 Å². The highest BCUT2D eigenvalue weighted by Crippen LogP contribution is 2.49. The Kier molecular flexibility index (Phi) is 5.29. The van der Waals surface area contributed by atoms with Gasteiger partial charge < -0.3 is 9.84 Å². The van der Waals surface area contributed by atoms with Crippen LogP contribution in [0, 0.1) is 0 Å². The van der Waals surface area contributed by atoms with E-state index in [1.54, 1.807) is 18.7 Å². The molecule has 1 saturated carbocycles. The minimum atomic E-state index is -0.483. The fourth-order valence-electron chi connectivity index (χ4n) is 3.39. The number of ether oxygens (including phenoxy) is 1. The number of nitrogens with zero attached hydrogens (tertiary/aromatic N) is 1. The van der Waals surface area contributed by atoms with E-state index in [0.717, 1.165) is 31.4 Å². The summed E-state index contributed by atoms with van der Waals surface area (Å²) >= 11 is 1.65. The second-order valence-electron chi connectivity index (χ2n) is 6.32. The van der Waals surface area contributed by atoms with Gasteiger partial charge in [0.15, 0.2) is 0 Å². The smallest absolute Gasteiger partial charge is 0.344 e. The average Bonchev–Trinajstić information content (AvgIpc) is 2.56. The van der Waals surface area contributed by atoms with E-state index in [4.69, 9.17) is 4.74 Å². The van der Waals surface area contributed by atoms with Gasteiger partial charge in [-0.05, 0) is 31.9 Å². The van der Waals surface area contributed by atoms with Gasteiger partial charge >= 0.3 is 5.97 Å². The summed E-state index contributed by atoms with van der Waals surface area (Å²) in [6.45, 7) is 2.05. The Balaban J connectivity index is 2.01. The zero-order valence-electron chi connectivity index (χ0n) is 14.0. The van der Waals surface area contributed by atoms with Gasteiger partial charge in [-0.3, -0.25) is 0 Å². The predicted octanol–water partition coefficient (Wildman–Crippen LogP) is 4.93. The van der Waals surface area contributed by atoms with Crippen molar-refractivity contribution in [1.82, 2.24) is 0 Å². The number of aliphatic imine (C=N–C) groups is 1. The van der Waals surface area contributed by atoms with Crippen LogP contribution in [0.25, 0.3) is 0 Å². The summed E-state index contributed by atoms with van der Waals surface area (Å²) in [4.78, 5) is 17.0. The number of carbonyl (C=O) groups excluding carboxylic acids is 1. The van der Waals surface area contributed by atoms with Gasteiger partial charge in [-0.15, -0.1) is 0 Å². The molecule has 1 N–H and O–H groups in total. The predicted molar refractivity (Wildman–Crippen MR) is 97.8 cm³/mol. The fraction of sp³-hybridized carbons (Fsp3) is 0.474. The average molecular weight is 345 g/mol. The molecule has 0 bridgehead atoms. The lowest BCUT2D eigenvalue weighted by molar-refractivity contribution is -0.138. The van der Waals surface area contributed by atoms with E-state index in [2.05, 4.69) is 4.99 Å². The van der Waals surface area contributed by atoms with Gasteiger partial charge in [0.1, 0.15) is 16.4 Å². The third-order valence-corrected chi connectivity index (χ3v) is 6.01. The normalized spacial score (nSPS) is 22.0. The van der Waals surface area contributed by atoms with E-state index in [9.17, 15) is 9.90 Å². The molecule has 128 valence electrons. The molecule has 1 spiro atoms. The molecular formula is C19H23NO3S. The van der Waals surface area contributed by atoms with Crippen molar-refractivity contribution in [2.75, 3.05) is 6.61 Å². The maximum atomic E-state index is 12.3. The zero-order chi connectivity index (χ0) is 17.0. The quantitative estimate of drug-likeness (QED) is 0.789. The van der Waals surface area contributed by atoms with E-state index in [-0.39, 0.29) is 22.7 Å². The molecule has 0 aromatic heterocycles. The molecule has 1 fully saturated rings. The summed E-state index contributed by atoms with van der Waals surface area (Å²) < 4.78 is 5.11. The van der Waals surface area contributed by atoms with Crippen molar-refractivity contribution in [3.05, 3.63) is 41.7 Å². The highest BCUT2D eigenvalue weighted by molar-refractivity contribution is 8.15. The van der Waals surface area contributed by atoms with E-state index in [1.165, 1.54) is 6.42 Å². The number of hydrogen-bond donors (Lipinski definition) is 1. The first-order valence-electron chi connectivity index (χ1n) is 8.56. The molecule has 3 rings (SSSR count). The Bertz CT molecular complexity index is 660. The molecular weight excluding hydrogens is 322 g/mol. The fourth-order valence-corrected chi connectivity index (χ4v) is 4.96. The van der Waals surface area contributed by atoms with Crippen LogP contribution in [0.2, 0.25) is 0 Å². The zero-order valence-corrected chi connectivity index (χ0v) is 14.8. The summed E-state index contributed by atoms with van der Waals surface area (Å²) in [5, 5.41) is 11.2. The highest BCUT2D eigenvalue weighted by atomic mass is 32.2. The lowest BCUT2D eigenvalue weighted by atomic mass is 9.84. The van der Waals surface area contributed by atoms with Crippen molar-refractivity contribution in [3.63, 3.8) is 0 Å². The van der Waals surface area contributed by atoms with Crippen LogP contribution in [0.15, 0.2) is 46.7 Å². The van der Waals surface area contributed by atoms with Crippen LogP contribution < -0.4 is 0 Å². The van der Waals surface area contributed by atoms with Gasteiger partial charge in [-0.2, -0.15) is 0 Å². The summed E-state index contributed by atoms with van der Waals surface area (Å²) in [6.07, 6.45) is 6.18. The minimum absolute atomic E-state index is 0.0358.